The highest BCUT2D eigenvalue weighted by molar-refractivity contribution is 6.40. The van der Waals surface area contributed by atoms with Crippen molar-refractivity contribution in [3.63, 3.8) is 0 Å². The highest BCUT2D eigenvalue weighted by atomic mass is 16.4. The van der Waals surface area contributed by atoms with Gasteiger partial charge in [0.15, 0.2) is 5.78 Å². The molecule has 2 aromatic rings. The smallest absolute Gasteiger partial charge is 0.377 e. The van der Waals surface area contributed by atoms with Crippen LogP contribution in [0.15, 0.2) is 54.6 Å². The molecule has 5 heteroatoms. The molecule has 0 radical (unpaired) electrons. The van der Waals surface area contributed by atoms with E-state index in [0.717, 1.165) is 0 Å². The number of ketones is 2. The largest absolute Gasteiger partial charge is 0.475 e. The predicted molar refractivity (Wildman–Crippen MR) is 74.1 cm³/mol. The molecule has 21 heavy (non-hydrogen) atoms. The van der Waals surface area contributed by atoms with Gasteiger partial charge in [-0.2, -0.15) is 0 Å². The van der Waals surface area contributed by atoms with Crippen LogP contribution in [-0.2, 0) is 4.79 Å². The molecule has 0 aliphatic carbocycles. The number of carboxylic acid groups (broad SMARTS) is 1. The lowest BCUT2D eigenvalue weighted by molar-refractivity contribution is -0.131. The molecule has 2 N–H and O–H groups in total. The number of carboxylic acids is 1. The Balaban J connectivity index is 2.30. The van der Waals surface area contributed by atoms with E-state index in [1.165, 1.54) is 24.3 Å². The van der Waals surface area contributed by atoms with Crippen molar-refractivity contribution in [2.24, 2.45) is 0 Å². The van der Waals surface area contributed by atoms with Gasteiger partial charge in [0.05, 0.1) is 0 Å². The molecule has 0 heterocycles. The molecule has 0 bridgehead atoms. The molecule has 0 fully saturated rings. The minimum atomic E-state index is -1.59. The first-order valence-electron chi connectivity index (χ1n) is 6.15. The molecule has 1 unspecified atom stereocenters. The molecule has 2 rings (SSSR count). The van der Waals surface area contributed by atoms with Gasteiger partial charge in [0.2, 0.25) is 0 Å². The Morgan fingerprint density at radius 2 is 1.48 bits per heavy atom. The lowest BCUT2D eigenvalue weighted by Gasteiger charge is -2.10. The first-order valence-corrected chi connectivity index (χ1v) is 6.15. The Morgan fingerprint density at radius 3 is 2.10 bits per heavy atom. The van der Waals surface area contributed by atoms with Crippen LogP contribution >= 0.6 is 0 Å². The van der Waals surface area contributed by atoms with Gasteiger partial charge in [-0.05, 0) is 11.6 Å². The Morgan fingerprint density at radius 1 is 0.857 bits per heavy atom. The summed E-state index contributed by atoms with van der Waals surface area (Å²) in [6.07, 6.45) is -1.36. The van der Waals surface area contributed by atoms with Gasteiger partial charge in [0.1, 0.15) is 6.10 Å². The van der Waals surface area contributed by atoms with Gasteiger partial charge in [-0.15, -0.1) is 0 Å². The number of aliphatic hydroxyl groups excluding tert-OH is 1. The van der Waals surface area contributed by atoms with E-state index < -0.39 is 23.6 Å². The highest BCUT2D eigenvalue weighted by Crippen LogP contribution is 2.19. The van der Waals surface area contributed by atoms with Gasteiger partial charge in [0, 0.05) is 11.1 Å². The molecule has 106 valence electrons. The molecule has 0 saturated carbocycles. The van der Waals surface area contributed by atoms with Crippen molar-refractivity contribution in [3.8, 4) is 0 Å². The van der Waals surface area contributed by atoms with Gasteiger partial charge >= 0.3 is 5.97 Å². The minimum Gasteiger partial charge on any atom is -0.475 e. The van der Waals surface area contributed by atoms with Crippen molar-refractivity contribution < 1.29 is 24.6 Å². The van der Waals surface area contributed by atoms with Crippen molar-refractivity contribution in [1.29, 1.82) is 0 Å². The molecule has 5 nitrogen and oxygen atoms in total. The summed E-state index contributed by atoms with van der Waals surface area (Å²) in [7, 11) is 0. The summed E-state index contributed by atoms with van der Waals surface area (Å²) in [6.45, 7) is 0. The first kappa shape index (κ1) is 14.6. The highest BCUT2D eigenvalue weighted by Gasteiger charge is 2.21. The molecule has 1 atom stereocenters. The third-order valence-corrected chi connectivity index (χ3v) is 2.97. The number of benzene rings is 2. The van der Waals surface area contributed by atoms with Crippen LogP contribution in [0.2, 0.25) is 0 Å². The number of carbonyl (C=O) groups excluding carboxylic acids is 2. The van der Waals surface area contributed by atoms with E-state index >= 15 is 0 Å². The van der Waals surface area contributed by atoms with Crippen molar-refractivity contribution in [1.82, 2.24) is 0 Å². The monoisotopic (exact) mass is 284 g/mol. The summed E-state index contributed by atoms with van der Waals surface area (Å²) < 4.78 is 0. The van der Waals surface area contributed by atoms with Crippen LogP contribution in [0.3, 0.4) is 0 Å². The number of Topliss-reactive ketones (excluding diaryl/α,β-unsaturated/α-hetero) is 2. The number of aliphatic carboxylic acids is 1. The SMILES string of the molecule is O=C(O)C(=O)c1cccc(C(=O)C(O)c2ccccc2)c1. The topological polar surface area (TPSA) is 91.7 Å². The fourth-order valence-corrected chi connectivity index (χ4v) is 1.88. The second kappa shape index (κ2) is 6.11. The average molecular weight is 284 g/mol. The fraction of sp³-hybridized carbons (Fsp3) is 0.0625. The van der Waals surface area contributed by atoms with Crippen molar-refractivity contribution in [2.45, 2.75) is 6.10 Å². The van der Waals surface area contributed by atoms with Gasteiger partial charge in [-0.25, -0.2) is 4.79 Å². The van der Waals surface area contributed by atoms with Gasteiger partial charge in [-0.3, -0.25) is 9.59 Å². The predicted octanol–water partition coefficient (Wildman–Crippen LogP) is 1.87. The third kappa shape index (κ3) is 3.21. The third-order valence-electron chi connectivity index (χ3n) is 2.97. The second-order valence-electron chi connectivity index (χ2n) is 4.39. The first-order chi connectivity index (χ1) is 10.0. The molecule has 0 aromatic heterocycles. The summed E-state index contributed by atoms with van der Waals surface area (Å²) in [5.41, 5.74) is 0.407. The second-order valence-corrected chi connectivity index (χ2v) is 4.39. The zero-order valence-electron chi connectivity index (χ0n) is 10.9. The summed E-state index contributed by atoms with van der Waals surface area (Å²) >= 11 is 0. The van der Waals surface area contributed by atoms with Gasteiger partial charge in [0.25, 0.3) is 5.78 Å². The molecule has 2 aromatic carbocycles. The van der Waals surface area contributed by atoms with Crippen LogP contribution in [0.1, 0.15) is 32.4 Å². The Kier molecular flexibility index (Phi) is 4.25. The minimum absolute atomic E-state index is 0.0819. The van der Waals surface area contributed by atoms with Gasteiger partial charge < -0.3 is 10.2 Å². The molecule has 0 spiro atoms. The van der Waals surface area contributed by atoms with Crippen molar-refractivity contribution in [2.75, 3.05) is 0 Å². The maximum absolute atomic E-state index is 12.2. The maximum atomic E-state index is 12.2. The quantitative estimate of drug-likeness (QED) is 0.646. The summed E-state index contributed by atoms with van der Waals surface area (Å²) in [5.74, 6) is -3.29. The standard InChI is InChI=1S/C16H12O5/c17-13(10-5-2-1-3-6-10)14(18)11-7-4-8-12(9-11)15(19)16(20)21/h1-9,13,17H,(H,20,21). The normalized spacial score (nSPS) is 11.7. The van der Waals surface area contributed by atoms with Crippen LogP contribution in [0.5, 0.6) is 0 Å². The Labute approximate surface area is 120 Å². The van der Waals surface area contributed by atoms with Crippen LogP contribution in [0.25, 0.3) is 0 Å². The van der Waals surface area contributed by atoms with Crippen LogP contribution in [0, 0.1) is 0 Å². The fourth-order valence-electron chi connectivity index (χ4n) is 1.88. The number of hydrogen-bond acceptors (Lipinski definition) is 4. The van der Waals surface area contributed by atoms with E-state index in [4.69, 9.17) is 5.11 Å². The summed E-state index contributed by atoms with van der Waals surface area (Å²) in [4.78, 5) is 34.2. The van der Waals surface area contributed by atoms with E-state index in [0.29, 0.717) is 5.56 Å². The zero-order chi connectivity index (χ0) is 15.4. The maximum Gasteiger partial charge on any atom is 0.377 e. The molecule has 0 saturated heterocycles. The van der Waals surface area contributed by atoms with E-state index in [-0.39, 0.29) is 11.1 Å². The zero-order valence-corrected chi connectivity index (χ0v) is 10.9. The van der Waals surface area contributed by atoms with Crippen molar-refractivity contribution in [3.05, 3.63) is 71.3 Å². The number of aliphatic hydroxyl groups is 1. The van der Waals surface area contributed by atoms with Crippen LogP contribution in [-0.4, -0.2) is 27.7 Å². The number of carbonyl (C=O) groups is 3. The summed E-state index contributed by atoms with van der Waals surface area (Å²) in [6, 6.07) is 13.7. The molecule has 0 aliphatic heterocycles. The Bertz CT molecular complexity index is 691. The van der Waals surface area contributed by atoms with E-state index in [1.807, 2.05) is 0 Å². The lowest BCUT2D eigenvalue weighted by atomic mass is 9.98. The number of rotatable bonds is 5. The van der Waals surface area contributed by atoms with Gasteiger partial charge in [-0.1, -0.05) is 48.5 Å². The molecular formula is C16H12O5. The van der Waals surface area contributed by atoms with E-state index in [1.54, 1.807) is 30.3 Å². The number of hydrogen-bond donors (Lipinski definition) is 2. The van der Waals surface area contributed by atoms with E-state index in [2.05, 4.69) is 0 Å². The average Bonchev–Trinajstić information content (AvgIpc) is 2.53. The van der Waals surface area contributed by atoms with E-state index in [9.17, 15) is 19.5 Å². The summed E-state index contributed by atoms with van der Waals surface area (Å²) in [5, 5.41) is 18.7. The van der Waals surface area contributed by atoms with Crippen LogP contribution in [0.4, 0.5) is 0 Å². The molecular weight excluding hydrogens is 272 g/mol. The molecule has 0 aliphatic rings. The van der Waals surface area contributed by atoms with Crippen LogP contribution < -0.4 is 0 Å². The van der Waals surface area contributed by atoms with Crippen molar-refractivity contribution >= 4 is 17.5 Å². The molecule has 0 amide bonds. The Hall–Kier alpha value is -2.79. The lowest BCUT2D eigenvalue weighted by Crippen LogP contribution is -2.15.